The molecule has 1 aromatic heterocycles. The fraction of sp³-hybridized carbons (Fsp3) is 0.323. The van der Waals surface area contributed by atoms with Gasteiger partial charge in [0.15, 0.2) is 11.5 Å². The van der Waals surface area contributed by atoms with Gasteiger partial charge in [-0.15, -0.1) is 0 Å². The van der Waals surface area contributed by atoms with Crippen LogP contribution >= 0.6 is 0 Å². The summed E-state index contributed by atoms with van der Waals surface area (Å²) in [5, 5.41) is 3.83. The van der Waals surface area contributed by atoms with Gasteiger partial charge in [0.25, 0.3) is 0 Å². The summed E-state index contributed by atoms with van der Waals surface area (Å²) in [5.74, 6) is 3.42. The minimum Gasteiger partial charge on any atom is -0.487 e. The summed E-state index contributed by atoms with van der Waals surface area (Å²) in [5.41, 5.74) is 1.44. The predicted molar refractivity (Wildman–Crippen MR) is 160 cm³/mol. The third kappa shape index (κ3) is 7.36. The second kappa shape index (κ2) is 14.3. The van der Waals surface area contributed by atoms with Crippen LogP contribution in [0.3, 0.4) is 0 Å². The van der Waals surface area contributed by atoms with Crippen molar-refractivity contribution < 1.29 is 28.5 Å². The largest absolute Gasteiger partial charge is 0.487 e. The van der Waals surface area contributed by atoms with E-state index in [1.54, 1.807) is 25.4 Å². The Balaban J connectivity index is 1.22. The quantitative estimate of drug-likeness (QED) is 0.239. The van der Waals surface area contributed by atoms with Crippen molar-refractivity contribution in [2.75, 3.05) is 77.0 Å². The van der Waals surface area contributed by atoms with Crippen LogP contribution in [0.4, 0.5) is 16.3 Å². The molecule has 1 N–H and O–H groups in total. The summed E-state index contributed by atoms with van der Waals surface area (Å²) >= 11 is 0. The summed E-state index contributed by atoms with van der Waals surface area (Å²) in [7, 11) is 3.26. The topological polar surface area (TPSA) is 108 Å². The third-order valence-corrected chi connectivity index (χ3v) is 6.72. The molecule has 2 amide bonds. The minimum absolute atomic E-state index is 0.148. The summed E-state index contributed by atoms with van der Waals surface area (Å²) in [4.78, 5) is 26.0. The number of carbonyl (C=O) groups excluding carboxylic acids is 1. The molecule has 5 rings (SSSR count). The highest BCUT2D eigenvalue weighted by Crippen LogP contribution is 2.35. The molecule has 1 aliphatic rings. The molecule has 0 spiro atoms. The Morgan fingerprint density at radius 2 is 1.43 bits per heavy atom. The van der Waals surface area contributed by atoms with Crippen molar-refractivity contribution in [3.63, 3.8) is 0 Å². The number of hydrogen-bond acceptors (Lipinski definition) is 9. The average molecular weight is 574 g/mol. The van der Waals surface area contributed by atoms with Crippen LogP contribution in [0.5, 0.6) is 23.0 Å². The molecule has 11 heteroatoms. The molecule has 2 heterocycles. The molecule has 0 unspecified atom stereocenters. The number of anilines is 2. The number of carbonyl (C=O) groups is 1. The SMILES string of the molecule is COCCOc1cc2ncnc(N3CCN(C(=O)Nc4ccc(Oc5ccccc5)cc4)CC3)c2cc1OCCOC. The number of amides is 2. The first-order valence-electron chi connectivity index (χ1n) is 13.8. The van der Waals surface area contributed by atoms with Crippen LogP contribution in [0.1, 0.15) is 0 Å². The number of rotatable bonds is 12. The smallest absolute Gasteiger partial charge is 0.321 e. The van der Waals surface area contributed by atoms with Gasteiger partial charge in [-0.3, -0.25) is 0 Å². The van der Waals surface area contributed by atoms with E-state index in [1.807, 2.05) is 66.7 Å². The molecule has 0 radical (unpaired) electrons. The normalized spacial score (nSPS) is 13.2. The third-order valence-electron chi connectivity index (χ3n) is 6.72. The number of fused-ring (bicyclic) bond motifs is 1. The number of urea groups is 1. The lowest BCUT2D eigenvalue weighted by atomic mass is 10.2. The zero-order valence-corrected chi connectivity index (χ0v) is 23.8. The zero-order chi connectivity index (χ0) is 29.1. The molecular formula is C31H35N5O6. The highest BCUT2D eigenvalue weighted by Gasteiger charge is 2.24. The van der Waals surface area contributed by atoms with Gasteiger partial charge in [-0.2, -0.15) is 0 Å². The lowest BCUT2D eigenvalue weighted by Crippen LogP contribution is -2.50. The van der Waals surface area contributed by atoms with Gasteiger partial charge >= 0.3 is 6.03 Å². The lowest BCUT2D eigenvalue weighted by Gasteiger charge is -2.35. The molecule has 42 heavy (non-hydrogen) atoms. The average Bonchev–Trinajstić information content (AvgIpc) is 3.02. The molecule has 3 aromatic carbocycles. The van der Waals surface area contributed by atoms with Crippen LogP contribution < -0.4 is 24.4 Å². The van der Waals surface area contributed by atoms with E-state index in [0.717, 1.165) is 22.5 Å². The first-order chi connectivity index (χ1) is 20.6. The number of benzene rings is 3. The van der Waals surface area contributed by atoms with Crippen LogP contribution in [-0.2, 0) is 9.47 Å². The van der Waals surface area contributed by atoms with Crippen molar-refractivity contribution in [1.29, 1.82) is 0 Å². The zero-order valence-electron chi connectivity index (χ0n) is 23.8. The van der Waals surface area contributed by atoms with Gasteiger partial charge in [-0.25, -0.2) is 14.8 Å². The fourth-order valence-electron chi connectivity index (χ4n) is 4.55. The van der Waals surface area contributed by atoms with Crippen LogP contribution in [0.25, 0.3) is 10.9 Å². The Kier molecular flexibility index (Phi) is 9.86. The Morgan fingerprint density at radius 1 is 0.786 bits per heavy atom. The summed E-state index contributed by atoms with van der Waals surface area (Å²) in [6.07, 6.45) is 1.55. The maximum atomic E-state index is 13.0. The molecule has 0 bridgehead atoms. The van der Waals surface area contributed by atoms with Gasteiger partial charge in [-0.1, -0.05) is 18.2 Å². The van der Waals surface area contributed by atoms with E-state index < -0.39 is 0 Å². The number of ether oxygens (including phenoxy) is 5. The van der Waals surface area contributed by atoms with Crippen LogP contribution in [0.15, 0.2) is 73.1 Å². The molecule has 0 saturated carbocycles. The van der Waals surface area contributed by atoms with Gasteiger partial charge in [-0.05, 0) is 42.5 Å². The molecule has 0 atom stereocenters. The maximum absolute atomic E-state index is 13.0. The van der Waals surface area contributed by atoms with Gasteiger partial charge < -0.3 is 38.8 Å². The number of methoxy groups -OCH3 is 2. The molecule has 1 saturated heterocycles. The summed E-state index contributed by atoms with van der Waals surface area (Å²) in [6, 6.07) is 20.5. The van der Waals surface area contributed by atoms with Gasteiger partial charge in [0, 0.05) is 57.5 Å². The second-order valence-electron chi connectivity index (χ2n) is 9.54. The Morgan fingerprint density at radius 3 is 2.10 bits per heavy atom. The van der Waals surface area contributed by atoms with Crippen molar-refractivity contribution >= 4 is 28.4 Å². The number of hydrogen-bond donors (Lipinski definition) is 1. The standard InChI is InChI=1S/C31H35N5O6/c1-38-16-18-40-28-20-26-27(21-29(28)41-19-17-39-2)32-22-33-30(26)35-12-14-36(15-13-35)31(37)34-23-8-10-25(11-9-23)42-24-6-4-3-5-7-24/h3-11,20-22H,12-19H2,1-2H3,(H,34,37). The van der Waals surface area contributed by atoms with E-state index in [9.17, 15) is 4.79 Å². The highest BCUT2D eigenvalue weighted by molar-refractivity contribution is 5.92. The van der Waals surface area contributed by atoms with Crippen LogP contribution in [0, 0.1) is 0 Å². The van der Waals surface area contributed by atoms with Crippen molar-refractivity contribution in [2.24, 2.45) is 0 Å². The highest BCUT2D eigenvalue weighted by atomic mass is 16.5. The van der Waals surface area contributed by atoms with E-state index in [-0.39, 0.29) is 6.03 Å². The molecule has 1 aliphatic heterocycles. The fourth-order valence-corrected chi connectivity index (χ4v) is 4.55. The number of piperazine rings is 1. The molecule has 4 aromatic rings. The number of aromatic nitrogens is 2. The number of para-hydroxylation sites is 1. The maximum Gasteiger partial charge on any atom is 0.321 e. The summed E-state index contributed by atoms with van der Waals surface area (Å²) < 4.78 is 28.0. The van der Waals surface area contributed by atoms with E-state index in [1.165, 1.54) is 0 Å². The van der Waals surface area contributed by atoms with E-state index in [2.05, 4.69) is 20.2 Å². The first-order valence-corrected chi connectivity index (χ1v) is 13.8. The molecule has 0 aliphatic carbocycles. The minimum atomic E-state index is -0.148. The van der Waals surface area contributed by atoms with E-state index in [0.29, 0.717) is 75.5 Å². The van der Waals surface area contributed by atoms with Crippen molar-refractivity contribution in [3.05, 3.63) is 73.1 Å². The second-order valence-corrected chi connectivity index (χ2v) is 9.54. The van der Waals surface area contributed by atoms with E-state index >= 15 is 0 Å². The van der Waals surface area contributed by atoms with Gasteiger partial charge in [0.05, 0.1) is 18.7 Å². The molecule has 11 nitrogen and oxygen atoms in total. The van der Waals surface area contributed by atoms with Crippen molar-refractivity contribution in [3.8, 4) is 23.0 Å². The van der Waals surface area contributed by atoms with Gasteiger partial charge in [0.1, 0.15) is 36.9 Å². The van der Waals surface area contributed by atoms with Crippen LogP contribution in [0.2, 0.25) is 0 Å². The predicted octanol–water partition coefficient (Wildman–Crippen LogP) is 4.83. The molecule has 220 valence electrons. The molecular weight excluding hydrogens is 538 g/mol. The van der Waals surface area contributed by atoms with Crippen LogP contribution in [-0.4, -0.2) is 87.7 Å². The van der Waals surface area contributed by atoms with Crippen molar-refractivity contribution in [1.82, 2.24) is 14.9 Å². The Bertz CT molecular complexity index is 1450. The summed E-state index contributed by atoms with van der Waals surface area (Å²) in [6.45, 7) is 3.99. The van der Waals surface area contributed by atoms with E-state index in [4.69, 9.17) is 23.7 Å². The number of nitrogens with zero attached hydrogens (tertiary/aromatic N) is 4. The number of nitrogens with one attached hydrogen (secondary N) is 1. The monoisotopic (exact) mass is 573 g/mol. The molecule has 1 fully saturated rings. The lowest BCUT2D eigenvalue weighted by molar-refractivity contribution is 0.132. The van der Waals surface area contributed by atoms with Gasteiger partial charge in [0.2, 0.25) is 0 Å². The Hall–Kier alpha value is -4.61. The first kappa shape index (κ1) is 28.9. The van der Waals surface area contributed by atoms with Crippen molar-refractivity contribution in [2.45, 2.75) is 0 Å². The Labute approximate surface area is 244 Å².